The predicted molar refractivity (Wildman–Crippen MR) is 83.7 cm³/mol. The van der Waals surface area contributed by atoms with Crippen LogP contribution in [0.15, 0.2) is 29.4 Å². The first kappa shape index (κ1) is 17.7. The molecule has 0 aliphatic carbocycles. The molecule has 0 radical (unpaired) electrons. The second-order valence-electron chi connectivity index (χ2n) is 5.84. The fourth-order valence-electron chi connectivity index (χ4n) is 1.88. The number of benzene rings is 1. The maximum Gasteiger partial charge on any atom is 0.408 e. The Morgan fingerprint density at radius 1 is 1.32 bits per heavy atom. The molecule has 1 amide bonds. The molecule has 7 heteroatoms. The Bertz CT molecular complexity index is 545. The first-order valence-electron chi connectivity index (χ1n) is 6.94. The maximum atomic E-state index is 12.0. The van der Waals surface area contributed by atoms with Crippen LogP contribution in [0.4, 0.5) is 4.79 Å². The molecule has 0 unspecified atom stereocenters. The Morgan fingerprint density at radius 2 is 1.91 bits per heavy atom. The minimum atomic E-state index is -0.601. The van der Waals surface area contributed by atoms with E-state index in [0.29, 0.717) is 5.75 Å². The zero-order valence-electron chi connectivity index (χ0n) is 13.5. The number of carbonyl (C=O) groups is 1. The second-order valence-corrected chi connectivity index (χ2v) is 5.84. The van der Waals surface area contributed by atoms with Crippen LogP contribution in [0.25, 0.3) is 10.4 Å². The summed E-state index contributed by atoms with van der Waals surface area (Å²) < 4.78 is 10.4. The highest BCUT2D eigenvalue weighted by Crippen LogP contribution is 2.23. The zero-order chi connectivity index (χ0) is 16.8. The summed E-state index contributed by atoms with van der Waals surface area (Å²) in [6.07, 6.45) is -0.562. The van der Waals surface area contributed by atoms with Crippen molar-refractivity contribution in [3.63, 3.8) is 0 Å². The SMILES string of the molecule is COc1ccc([C@H](NC(=O)OC(C)(C)C)[C@@H](C)N=[N+]=[N-])cc1. The molecule has 0 aromatic heterocycles. The summed E-state index contributed by atoms with van der Waals surface area (Å²) in [5.41, 5.74) is 8.83. The van der Waals surface area contributed by atoms with E-state index in [0.717, 1.165) is 5.56 Å². The summed E-state index contributed by atoms with van der Waals surface area (Å²) in [6.45, 7) is 7.08. The predicted octanol–water partition coefficient (Wildman–Crippen LogP) is 3.96. The molecule has 2 atom stereocenters. The third kappa shape index (κ3) is 5.54. The van der Waals surface area contributed by atoms with E-state index in [1.165, 1.54) is 0 Å². The standard InChI is InChI=1S/C15H22N4O3/c1-10(18-19-16)13(17-14(20)22-15(2,3)4)11-6-8-12(21-5)9-7-11/h6-10,13H,1-5H3,(H,17,20)/t10-,13-/m1/s1. The molecule has 0 aliphatic heterocycles. The molecule has 7 nitrogen and oxygen atoms in total. The van der Waals surface area contributed by atoms with Gasteiger partial charge in [0.15, 0.2) is 0 Å². The molecule has 1 N–H and O–H groups in total. The molecule has 0 spiro atoms. The number of hydrogen-bond acceptors (Lipinski definition) is 4. The van der Waals surface area contributed by atoms with Gasteiger partial charge in [-0.2, -0.15) is 0 Å². The molecular weight excluding hydrogens is 284 g/mol. The van der Waals surface area contributed by atoms with Gasteiger partial charge in [-0.25, -0.2) is 4.79 Å². The number of alkyl carbamates (subject to hydrolysis) is 1. The molecule has 0 saturated carbocycles. The molecule has 0 aliphatic rings. The molecular formula is C15H22N4O3. The van der Waals surface area contributed by atoms with Crippen molar-refractivity contribution in [3.05, 3.63) is 40.3 Å². The summed E-state index contributed by atoms with van der Waals surface area (Å²) in [4.78, 5) is 14.8. The van der Waals surface area contributed by atoms with Crippen molar-refractivity contribution in [1.82, 2.24) is 5.32 Å². The summed E-state index contributed by atoms with van der Waals surface area (Å²) >= 11 is 0. The minimum Gasteiger partial charge on any atom is -0.497 e. The van der Waals surface area contributed by atoms with Crippen LogP contribution in [0.3, 0.4) is 0 Å². The van der Waals surface area contributed by atoms with Crippen molar-refractivity contribution in [2.75, 3.05) is 7.11 Å². The Balaban J connectivity index is 2.97. The van der Waals surface area contributed by atoms with Gasteiger partial charge in [-0.3, -0.25) is 0 Å². The summed E-state index contributed by atoms with van der Waals surface area (Å²) in [6, 6.07) is 6.22. The van der Waals surface area contributed by atoms with Crippen LogP contribution in [0.1, 0.15) is 39.3 Å². The van der Waals surface area contributed by atoms with Crippen molar-refractivity contribution >= 4 is 6.09 Å². The third-order valence-electron chi connectivity index (χ3n) is 2.86. The van der Waals surface area contributed by atoms with Gasteiger partial charge >= 0.3 is 6.09 Å². The van der Waals surface area contributed by atoms with E-state index < -0.39 is 23.8 Å². The normalized spacial score (nSPS) is 13.5. The average molecular weight is 306 g/mol. The lowest BCUT2D eigenvalue weighted by atomic mass is 10.0. The topological polar surface area (TPSA) is 96.3 Å². The molecule has 1 aromatic carbocycles. The molecule has 1 rings (SSSR count). The van der Waals surface area contributed by atoms with Gasteiger partial charge in [-0.15, -0.1) is 0 Å². The molecule has 1 aromatic rings. The fourth-order valence-corrected chi connectivity index (χ4v) is 1.88. The number of hydrogen-bond donors (Lipinski definition) is 1. The molecule has 0 bridgehead atoms. The summed E-state index contributed by atoms with van der Waals surface area (Å²) in [5.74, 6) is 0.705. The van der Waals surface area contributed by atoms with E-state index in [1.54, 1.807) is 46.9 Å². The van der Waals surface area contributed by atoms with Crippen molar-refractivity contribution in [2.24, 2.45) is 5.11 Å². The molecule has 120 valence electrons. The van der Waals surface area contributed by atoms with Gasteiger partial charge in [0.25, 0.3) is 0 Å². The van der Waals surface area contributed by atoms with Crippen LogP contribution in [-0.2, 0) is 4.74 Å². The van der Waals surface area contributed by atoms with Crippen molar-refractivity contribution in [2.45, 2.75) is 45.4 Å². The number of amides is 1. The monoisotopic (exact) mass is 306 g/mol. The van der Waals surface area contributed by atoms with Crippen molar-refractivity contribution in [3.8, 4) is 5.75 Å². The number of ether oxygens (including phenoxy) is 2. The van der Waals surface area contributed by atoms with Gasteiger partial charge in [0.2, 0.25) is 0 Å². The van der Waals surface area contributed by atoms with E-state index in [9.17, 15) is 4.79 Å². The van der Waals surface area contributed by atoms with Crippen LogP contribution < -0.4 is 10.1 Å². The fraction of sp³-hybridized carbons (Fsp3) is 0.533. The van der Waals surface area contributed by atoms with Crippen molar-refractivity contribution in [1.29, 1.82) is 0 Å². The lowest BCUT2D eigenvalue weighted by molar-refractivity contribution is 0.0497. The Morgan fingerprint density at radius 3 is 2.36 bits per heavy atom. The first-order chi connectivity index (χ1) is 10.3. The van der Waals surface area contributed by atoms with Gasteiger partial charge in [0, 0.05) is 4.91 Å². The molecule has 0 heterocycles. The second kappa shape index (κ2) is 7.56. The molecule has 22 heavy (non-hydrogen) atoms. The van der Waals surface area contributed by atoms with Gasteiger partial charge in [0.1, 0.15) is 11.4 Å². The molecule has 0 saturated heterocycles. The quantitative estimate of drug-likeness (QED) is 0.506. The Hall–Kier alpha value is -2.40. The maximum absolute atomic E-state index is 12.0. The van der Waals surface area contributed by atoms with Crippen LogP contribution in [0, 0.1) is 0 Å². The molecule has 0 fully saturated rings. The van der Waals surface area contributed by atoms with Crippen LogP contribution in [0.2, 0.25) is 0 Å². The largest absolute Gasteiger partial charge is 0.497 e. The number of carbonyl (C=O) groups excluding carboxylic acids is 1. The smallest absolute Gasteiger partial charge is 0.408 e. The van der Waals surface area contributed by atoms with E-state index in [-0.39, 0.29) is 0 Å². The lowest BCUT2D eigenvalue weighted by Crippen LogP contribution is -2.38. The highest BCUT2D eigenvalue weighted by molar-refractivity contribution is 5.68. The zero-order valence-corrected chi connectivity index (χ0v) is 13.5. The Kier molecular flexibility index (Phi) is 6.07. The van der Waals surface area contributed by atoms with Gasteiger partial charge < -0.3 is 14.8 Å². The number of nitrogens with zero attached hydrogens (tertiary/aromatic N) is 3. The van der Waals surface area contributed by atoms with Crippen LogP contribution in [0.5, 0.6) is 5.75 Å². The van der Waals surface area contributed by atoms with E-state index in [1.807, 2.05) is 12.1 Å². The van der Waals surface area contributed by atoms with E-state index in [2.05, 4.69) is 15.3 Å². The highest BCUT2D eigenvalue weighted by Gasteiger charge is 2.24. The van der Waals surface area contributed by atoms with Crippen LogP contribution >= 0.6 is 0 Å². The summed E-state index contributed by atoms with van der Waals surface area (Å²) in [5, 5.41) is 6.42. The Labute approximate surface area is 130 Å². The van der Waals surface area contributed by atoms with E-state index in [4.69, 9.17) is 15.0 Å². The average Bonchev–Trinajstić information content (AvgIpc) is 2.43. The highest BCUT2D eigenvalue weighted by atomic mass is 16.6. The first-order valence-corrected chi connectivity index (χ1v) is 6.94. The van der Waals surface area contributed by atoms with E-state index >= 15 is 0 Å². The lowest BCUT2D eigenvalue weighted by Gasteiger charge is -2.26. The van der Waals surface area contributed by atoms with Gasteiger partial charge in [-0.05, 0) is 44.0 Å². The summed E-state index contributed by atoms with van der Waals surface area (Å²) in [7, 11) is 1.58. The number of azide groups is 1. The number of nitrogens with one attached hydrogen (secondary N) is 1. The number of methoxy groups -OCH3 is 1. The van der Waals surface area contributed by atoms with Gasteiger partial charge in [-0.1, -0.05) is 24.2 Å². The van der Waals surface area contributed by atoms with Gasteiger partial charge in [0.05, 0.1) is 19.2 Å². The minimum absolute atomic E-state index is 0.467. The van der Waals surface area contributed by atoms with Crippen molar-refractivity contribution < 1.29 is 14.3 Å². The number of rotatable bonds is 5. The van der Waals surface area contributed by atoms with Crippen LogP contribution in [-0.4, -0.2) is 24.8 Å². The third-order valence-corrected chi connectivity index (χ3v) is 2.86.